The van der Waals surface area contributed by atoms with Gasteiger partial charge in [0.05, 0.1) is 6.61 Å². The lowest BCUT2D eigenvalue weighted by molar-refractivity contribution is -0.141. The zero-order valence-electron chi connectivity index (χ0n) is 13.0. The Bertz CT molecular complexity index is 489. The van der Waals surface area contributed by atoms with Crippen LogP contribution in [0.2, 0.25) is 0 Å². The maximum Gasteiger partial charge on any atom is 0.410 e. The summed E-state index contributed by atoms with van der Waals surface area (Å²) in [4.78, 5) is 24.9. The van der Waals surface area contributed by atoms with E-state index in [1.54, 1.807) is 4.90 Å². The average molecular weight is 305 g/mol. The van der Waals surface area contributed by atoms with Gasteiger partial charge in [-0.1, -0.05) is 30.3 Å². The van der Waals surface area contributed by atoms with Crippen LogP contribution in [-0.4, -0.2) is 36.2 Å². The van der Waals surface area contributed by atoms with Crippen molar-refractivity contribution in [3.8, 4) is 0 Å². The molecule has 0 radical (unpaired) electrons. The highest BCUT2D eigenvalue weighted by Crippen LogP contribution is 2.21. The lowest BCUT2D eigenvalue weighted by atomic mass is 10.0. The second-order valence-corrected chi connectivity index (χ2v) is 5.51. The number of nitrogens with zero attached hydrogens (tertiary/aromatic N) is 1. The Morgan fingerprint density at radius 1 is 1.18 bits per heavy atom. The molecule has 1 fully saturated rings. The molecule has 0 aliphatic carbocycles. The first kappa shape index (κ1) is 16.3. The Hall–Kier alpha value is -2.04. The van der Waals surface area contributed by atoms with Crippen molar-refractivity contribution in [2.75, 3.05) is 13.2 Å². The number of carbonyl (C=O) groups is 2. The van der Waals surface area contributed by atoms with Gasteiger partial charge in [-0.05, 0) is 24.8 Å². The minimum Gasteiger partial charge on any atom is -0.466 e. The summed E-state index contributed by atoms with van der Waals surface area (Å²) >= 11 is 0. The first-order valence-corrected chi connectivity index (χ1v) is 7.77. The van der Waals surface area contributed by atoms with Crippen LogP contribution in [0.15, 0.2) is 30.3 Å². The highest BCUT2D eigenvalue weighted by atomic mass is 16.6. The average Bonchev–Trinajstić information content (AvgIpc) is 2.54. The number of hydrogen-bond acceptors (Lipinski definition) is 4. The highest BCUT2D eigenvalue weighted by molar-refractivity contribution is 5.68. The highest BCUT2D eigenvalue weighted by Gasteiger charge is 2.27. The molecule has 1 amide bonds. The fourth-order valence-electron chi connectivity index (χ4n) is 2.68. The van der Waals surface area contributed by atoms with Crippen LogP contribution in [0.3, 0.4) is 0 Å². The van der Waals surface area contributed by atoms with Crippen molar-refractivity contribution < 1.29 is 19.1 Å². The van der Waals surface area contributed by atoms with Gasteiger partial charge in [0.1, 0.15) is 6.61 Å². The van der Waals surface area contributed by atoms with Gasteiger partial charge in [-0.25, -0.2) is 4.79 Å². The quantitative estimate of drug-likeness (QED) is 0.784. The minimum atomic E-state index is -0.283. The number of amides is 1. The summed E-state index contributed by atoms with van der Waals surface area (Å²) in [5, 5.41) is 0. The molecular weight excluding hydrogens is 282 g/mol. The zero-order chi connectivity index (χ0) is 15.8. The van der Waals surface area contributed by atoms with E-state index >= 15 is 0 Å². The van der Waals surface area contributed by atoms with Gasteiger partial charge in [-0.3, -0.25) is 4.79 Å². The minimum absolute atomic E-state index is 0.0939. The van der Waals surface area contributed by atoms with E-state index in [1.807, 2.05) is 30.3 Å². The molecule has 1 aromatic rings. The largest absolute Gasteiger partial charge is 0.466 e. The Labute approximate surface area is 131 Å². The molecule has 1 aliphatic rings. The lowest BCUT2D eigenvalue weighted by Gasteiger charge is -2.34. The number of ether oxygens (including phenoxy) is 2. The van der Waals surface area contributed by atoms with Gasteiger partial charge in [0.2, 0.25) is 0 Å². The van der Waals surface area contributed by atoms with Crippen LogP contribution < -0.4 is 0 Å². The molecule has 1 heterocycles. The van der Waals surface area contributed by atoms with Gasteiger partial charge in [0, 0.05) is 25.9 Å². The van der Waals surface area contributed by atoms with Crippen molar-refractivity contribution >= 4 is 12.1 Å². The van der Waals surface area contributed by atoms with E-state index in [9.17, 15) is 9.59 Å². The predicted molar refractivity (Wildman–Crippen MR) is 82.2 cm³/mol. The fraction of sp³-hybridized carbons (Fsp3) is 0.529. The Balaban J connectivity index is 1.83. The molecule has 0 unspecified atom stereocenters. The first-order valence-electron chi connectivity index (χ1n) is 7.77. The van der Waals surface area contributed by atoms with Crippen molar-refractivity contribution in [2.45, 2.75) is 45.3 Å². The summed E-state index contributed by atoms with van der Waals surface area (Å²) in [6, 6.07) is 9.74. The summed E-state index contributed by atoms with van der Waals surface area (Å²) in [7, 11) is 0. The molecule has 22 heavy (non-hydrogen) atoms. The summed E-state index contributed by atoms with van der Waals surface area (Å²) in [6.07, 6.45) is 3.40. The number of esters is 1. The molecule has 0 spiro atoms. The lowest BCUT2D eigenvalue weighted by Crippen LogP contribution is -2.44. The van der Waals surface area contributed by atoms with Gasteiger partial charge < -0.3 is 14.4 Å². The molecule has 0 aromatic heterocycles. The molecule has 5 heteroatoms. The standard InChI is InChI=1S/C17H23NO4/c1-14(19)21-12-10-16-9-5-6-11-18(16)17(20)22-13-15-7-3-2-4-8-15/h2-4,7-8,16H,5-6,9-13H2,1H3/t16-/m1/s1. The number of rotatable bonds is 5. The van der Waals surface area contributed by atoms with E-state index in [0.717, 1.165) is 24.8 Å². The monoisotopic (exact) mass is 305 g/mol. The van der Waals surface area contributed by atoms with Crippen LogP contribution in [0, 0.1) is 0 Å². The summed E-state index contributed by atoms with van der Waals surface area (Å²) in [5.74, 6) is -0.283. The smallest absolute Gasteiger partial charge is 0.410 e. The molecule has 0 N–H and O–H groups in total. The Kier molecular flexibility index (Phi) is 6.25. The number of likely N-dealkylation sites (tertiary alicyclic amines) is 1. The Morgan fingerprint density at radius 3 is 2.68 bits per heavy atom. The van der Waals surface area contributed by atoms with Gasteiger partial charge >= 0.3 is 12.1 Å². The maximum absolute atomic E-state index is 12.3. The molecule has 1 saturated heterocycles. The topological polar surface area (TPSA) is 55.8 Å². The van der Waals surface area contributed by atoms with E-state index in [0.29, 0.717) is 19.6 Å². The predicted octanol–water partition coefficient (Wildman–Crippen LogP) is 3.13. The van der Waals surface area contributed by atoms with Crippen LogP contribution in [0.5, 0.6) is 0 Å². The first-order chi connectivity index (χ1) is 10.7. The van der Waals surface area contributed by atoms with Crippen molar-refractivity contribution in [3.63, 3.8) is 0 Å². The van der Waals surface area contributed by atoms with Crippen LogP contribution in [0.25, 0.3) is 0 Å². The zero-order valence-corrected chi connectivity index (χ0v) is 13.0. The summed E-state index contributed by atoms with van der Waals surface area (Å²) < 4.78 is 10.4. The van der Waals surface area contributed by atoms with E-state index in [2.05, 4.69) is 0 Å². The molecule has 5 nitrogen and oxygen atoms in total. The van der Waals surface area contributed by atoms with Crippen molar-refractivity contribution in [1.29, 1.82) is 0 Å². The maximum atomic E-state index is 12.3. The van der Waals surface area contributed by atoms with E-state index in [-0.39, 0.29) is 24.7 Å². The number of benzene rings is 1. The Morgan fingerprint density at radius 2 is 1.95 bits per heavy atom. The molecule has 1 atom stereocenters. The molecule has 0 bridgehead atoms. The van der Waals surface area contributed by atoms with Crippen molar-refractivity contribution in [1.82, 2.24) is 4.90 Å². The number of piperidine rings is 1. The van der Waals surface area contributed by atoms with Crippen LogP contribution in [-0.2, 0) is 20.9 Å². The van der Waals surface area contributed by atoms with Gasteiger partial charge in [0.25, 0.3) is 0 Å². The van der Waals surface area contributed by atoms with Crippen molar-refractivity contribution in [2.24, 2.45) is 0 Å². The summed E-state index contributed by atoms with van der Waals surface area (Å²) in [6.45, 7) is 2.74. The van der Waals surface area contributed by atoms with E-state index in [1.165, 1.54) is 6.92 Å². The van der Waals surface area contributed by atoms with Gasteiger partial charge in [-0.2, -0.15) is 0 Å². The fourth-order valence-corrected chi connectivity index (χ4v) is 2.68. The third kappa shape index (κ3) is 5.06. The SMILES string of the molecule is CC(=O)OCC[C@H]1CCCCN1C(=O)OCc1ccccc1. The second kappa shape index (κ2) is 8.41. The molecular formula is C17H23NO4. The van der Waals surface area contributed by atoms with Crippen molar-refractivity contribution in [3.05, 3.63) is 35.9 Å². The van der Waals surface area contributed by atoms with Gasteiger partial charge in [0.15, 0.2) is 0 Å². The third-order valence-electron chi connectivity index (χ3n) is 3.82. The molecule has 1 aliphatic heterocycles. The number of carbonyl (C=O) groups excluding carboxylic acids is 2. The van der Waals surface area contributed by atoms with Gasteiger partial charge in [-0.15, -0.1) is 0 Å². The second-order valence-electron chi connectivity index (χ2n) is 5.51. The van der Waals surface area contributed by atoms with Crippen LogP contribution in [0.1, 0.15) is 38.2 Å². The molecule has 0 saturated carbocycles. The van der Waals surface area contributed by atoms with E-state index in [4.69, 9.17) is 9.47 Å². The summed E-state index contributed by atoms with van der Waals surface area (Å²) in [5.41, 5.74) is 0.976. The van der Waals surface area contributed by atoms with Crippen LogP contribution >= 0.6 is 0 Å². The third-order valence-corrected chi connectivity index (χ3v) is 3.82. The van der Waals surface area contributed by atoms with Crippen LogP contribution in [0.4, 0.5) is 4.79 Å². The molecule has 2 rings (SSSR count). The normalized spacial score (nSPS) is 17.9. The molecule has 1 aromatic carbocycles. The molecule has 120 valence electrons. The van der Waals surface area contributed by atoms with E-state index < -0.39 is 0 Å². The number of hydrogen-bond donors (Lipinski definition) is 0.